The third kappa shape index (κ3) is 2.93. The zero-order valence-electron chi connectivity index (χ0n) is 7.50. The van der Waals surface area contributed by atoms with Gasteiger partial charge in [0.15, 0.2) is 11.6 Å². The van der Waals surface area contributed by atoms with Crippen LogP contribution in [-0.2, 0) is 0 Å². The summed E-state index contributed by atoms with van der Waals surface area (Å²) < 4.78 is 25.2. The molecule has 5 heteroatoms. The summed E-state index contributed by atoms with van der Waals surface area (Å²) >= 11 is 0. The van der Waals surface area contributed by atoms with E-state index in [1.165, 1.54) is 6.07 Å². The van der Waals surface area contributed by atoms with Crippen LogP contribution in [0.3, 0.4) is 0 Å². The van der Waals surface area contributed by atoms with Crippen molar-refractivity contribution in [2.75, 3.05) is 18.4 Å². The molecule has 0 fully saturated rings. The van der Waals surface area contributed by atoms with Crippen molar-refractivity contribution >= 4 is 5.69 Å². The van der Waals surface area contributed by atoms with Crippen LogP contribution >= 0.6 is 0 Å². The van der Waals surface area contributed by atoms with Gasteiger partial charge in [-0.3, -0.25) is 0 Å². The Labute approximate surface area is 80.5 Å². The molecule has 14 heavy (non-hydrogen) atoms. The molecule has 0 amide bonds. The first-order chi connectivity index (χ1) is 6.63. The van der Waals surface area contributed by atoms with E-state index in [0.717, 1.165) is 12.1 Å². The van der Waals surface area contributed by atoms with E-state index in [1.807, 2.05) is 0 Å². The fourth-order valence-electron chi connectivity index (χ4n) is 0.925. The van der Waals surface area contributed by atoms with Gasteiger partial charge in [-0.25, -0.2) is 8.78 Å². The van der Waals surface area contributed by atoms with Gasteiger partial charge in [0.2, 0.25) is 0 Å². The first-order valence-corrected chi connectivity index (χ1v) is 4.20. The highest BCUT2D eigenvalue weighted by Gasteiger charge is 2.04. The zero-order valence-corrected chi connectivity index (χ0v) is 7.50. The van der Waals surface area contributed by atoms with Crippen molar-refractivity contribution < 1.29 is 13.9 Å². The zero-order chi connectivity index (χ0) is 10.6. The first-order valence-electron chi connectivity index (χ1n) is 4.20. The fraction of sp³-hybridized carbons (Fsp3) is 0.333. The predicted molar refractivity (Wildman–Crippen MR) is 49.9 cm³/mol. The Balaban J connectivity index is 2.55. The predicted octanol–water partition coefficient (Wildman–Crippen LogP) is 0.696. The average molecular weight is 202 g/mol. The number of aliphatic hydroxyl groups is 1. The summed E-state index contributed by atoms with van der Waals surface area (Å²) in [7, 11) is 0. The lowest BCUT2D eigenvalue weighted by Crippen LogP contribution is -2.27. The summed E-state index contributed by atoms with van der Waals surface area (Å²) in [6.07, 6.45) is -0.692. The van der Waals surface area contributed by atoms with Crippen LogP contribution in [0, 0.1) is 11.6 Å². The summed E-state index contributed by atoms with van der Waals surface area (Å²) in [6.45, 7) is 0.332. The van der Waals surface area contributed by atoms with E-state index >= 15 is 0 Å². The summed E-state index contributed by atoms with van der Waals surface area (Å²) in [5.41, 5.74) is 5.58. The molecule has 0 aliphatic rings. The van der Waals surface area contributed by atoms with Crippen molar-refractivity contribution in [1.82, 2.24) is 0 Å². The standard InChI is InChI=1S/C9H12F2N2O/c10-8-2-1-6(3-9(8)11)13-5-7(14)4-12/h1-3,7,13-14H,4-5,12H2. The molecule has 1 atom stereocenters. The SMILES string of the molecule is NCC(O)CNc1ccc(F)c(F)c1. The molecule has 1 rings (SSSR count). The molecular weight excluding hydrogens is 190 g/mol. The maximum atomic E-state index is 12.7. The molecule has 1 aromatic rings. The topological polar surface area (TPSA) is 58.3 Å². The Morgan fingerprint density at radius 3 is 2.64 bits per heavy atom. The van der Waals surface area contributed by atoms with Crippen LogP contribution in [-0.4, -0.2) is 24.3 Å². The second kappa shape index (κ2) is 4.88. The Kier molecular flexibility index (Phi) is 3.79. The first kappa shape index (κ1) is 10.9. The number of benzene rings is 1. The molecule has 0 aliphatic carbocycles. The second-order valence-corrected chi connectivity index (χ2v) is 2.90. The molecular formula is C9H12F2N2O. The van der Waals surface area contributed by atoms with Gasteiger partial charge < -0.3 is 16.2 Å². The molecule has 0 spiro atoms. The summed E-state index contributed by atoms with van der Waals surface area (Å²) in [5.74, 6) is -1.81. The Morgan fingerprint density at radius 1 is 1.36 bits per heavy atom. The van der Waals surface area contributed by atoms with Crippen LogP contribution in [0.1, 0.15) is 0 Å². The Hall–Kier alpha value is -1.20. The van der Waals surface area contributed by atoms with E-state index in [-0.39, 0.29) is 13.1 Å². The molecule has 0 heterocycles. The lowest BCUT2D eigenvalue weighted by Gasteiger charge is -2.10. The summed E-state index contributed by atoms with van der Waals surface area (Å²) in [6, 6.07) is 3.44. The minimum Gasteiger partial charge on any atom is -0.390 e. The molecule has 3 nitrogen and oxygen atoms in total. The lowest BCUT2D eigenvalue weighted by molar-refractivity contribution is 0.196. The van der Waals surface area contributed by atoms with Crippen LogP contribution in [0.2, 0.25) is 0 Å². The number of anilines is 1. The van der Waals surface area contributed by atoms with Gasteiger partial charge in [-0.05, 0) is 12.1 Å². The van der Waals surface area contributed by atoms with Gasteiger partial charge in [-0.15, -0.1) is 0 Å². The Morgan fingerprint density at radius 2 is 2.07 bits per heavy atom. The normalized spacial score (nSPS) is 12.6. The van der Waals surface area contributed by atoms with Crippen molar-refractivity contribution in [3.63, 3.8) is 0 Å². The van der Waals surface area contributed by atoms with Crippen molar-refractivity contribution in [2.24, 2.45) is 5.73 Å². The number of hydrogen-bond acceptors (Lipinski definition) is 3. The Bertz CT molecular complexity index is 307. The van der Waals surface area contributed by atoms with Crippen LogP contribution in [0.5, 0.6) is 0 Å². The van der Waals surface area contributed by atoms with E-state index in [9.17, 15) is 8.78 Å². The van der Waals surface area contributed by atoms with Gasteiger partial charge in [0.1, 0.15) is 0 Å². The molecule has 0 aromatic heterocycles. The van der Waals surface area contributed by atoms with Crippen LogP contribution in [0.15, 0.2) is 18.2 Å². The van der Waals surface area contributed by atoms with Crippen LogP contribution in [0.25, 0.3) is 0 Å². The molecule has 1 unspecified atom stereocenters. The summed E-state index contributed by atoms with van der Waals surface area (Å²) in [5, 5.41) is 11.8. The van der Waals surface area contributed by atoms with E-state index in [1.54, 1.807) is 0 Å². The molecule has 1 aromatic carbocycles. The van der Waals surface area contributed by atoms with Crippen LogP contribution in [0.4, 0.5) is 14.5 Å². The van der Waals surface area contributed by atoms with Gasteiger partial charge >= 0.3 is 0 Å². The highest BCUT2D eigenvalue weighted by molar-refractivity contribution is 5.43. The molecule has 0 radical (unpaired) electrons. The number of aliphatic hydroxyl groups excluding tert-OH is 1. The average Bonchev–Trinajstić information content (AvgIpc) is 2.19. The van der Waals surface area contributed by atoms with Gasteiger partial charge in [0.05, 0.1) is 6.10 Å². The molecule has 0 bridgehead atoms. The van der Waals surface area contributed by atoms with E-state index < -0.39 is 17.7 Å². The molecule has 0 saturated heterocycles. The molecule has 4 N–H and O–H groups in total. The number of rotatable bonds is 4. The van der Waals surface area contributed by atoms with E-state index in [0.29, 0.717) is 5.69 Å². The number of halogens is 2. The van der Waals surface area contributed by atoms with Crippen molar-refractivity contribution in [1.29, 1.82) is 0 Å². The quantitative estimate of drug-likeness (QED) is 0.673. The monoisotopic (exact) mass is 202 g/mol. The molecule has 78 valence electrons. The largest absolute Gasteiger partial charge is 0.390 e. The molecule has 0 aliphatic heterocycles. The third-order valence-electron chi connectivity index (χ3n) is 1.73. The third-order valence-corrected chi connectivity index (χ3v) is 1.73. The van der Waals surface area contributed by atoms with Gasteiger partial charge in [-0.2, -0.15) is 0 Å². The highest BCUT2D eigenvalue weighted by atomic mass is 19.2. The number of hydrogen-bond donors (Lipinski definition) is 3. The van der Waals surface area contributed by atoms with E-state index in [2.05, 4.69) is 5.32 Å². The van der Waals surface area contributed by atoms with E-state index in [4.69, 9.17) is 10.8 Å². The highest BCUT2D eigenvalue weighted by Crippen LogP contribution is 2.12. The van der Waals surface area contributed by atoms with Gasteiger partial charge in [0.25, 0.3) is 0 Å². The molecule has 0 saturated carbocycles. The van der Waals surface area contributed by atoms with Crippen LogP contribution < -0.4 is 11.1 Å². The lowest BCUT2D eigenvalue weighted by atomic mass is 10.3. The fourth-order valence-corrected chi connectivity index (χ4v) is 0.925. The maximum Gasteiger partial charge on any atom is 0.160 e. The minimum absolute atomic E-state index is 0.122. The van der Waals surface area contributed by atoms with Gasteiger partial charge in [0, 0.05) is 24.8 Å². The van der Waals surface area contributed by atoms with Crippen molar-refractivity contribution in [3.05, 3.63) is 29.8 Å². The van der Waals surface area contributed by atoms with Gasteiger partial charge in [-0.1, -0.05) is 0 Å². The van der Waals surface area contributed by atoms with Crippen molar-refractivity contribution in [2.45, 2.75) is 6.10 Å². The summed E-state index contributed by atoms with van der Waals surface area (Å²) in [4.78, 5) is 0. The maximum absolute atomic E-state index is 12.7. The minimum atomic E-state index is -0.919. The van der Waals surface area contributed by atoms with Crippen molar-refractivity contribution in [3.8, 4) is 0 Å². The smallest absolute Gasteiger partial charge is 0.160 e. The number of nitrogens with two attached hydrogens (primary N) is 1. The number of nitrogens with one attached hydrogen (secondary N) is 1. The second-order valence-electron chi connectivity index (χ2n) is 2.90.